The largest absolute Gasteiger partial charge is 0.461 e. The van der Waals surface area contributed by atoms with Crippen LogP contribution >= 0.6 is 22.7 Å². The molecule has 4 rings (SSSR count). The van der Waals surface area contributed by atoms with Crippen molar-refractivity contribution in [2.24, 2.45) is 0 Å². The summed E-state index contributed by atoms with van der Waals surface area (Å²) in [6, 6.07) is 0. The molecule has 0 amide bonds. The van der Waals surface area contributed by atoms with Crippen molar-refractivity contribution in [1.29, 1.82) is 0 Å². The van der Waals surface area contributed by atoms with Gasteiger partial charge < -0.3 is 15.0 Å². The molecule has 1 aliphatic heterocycles. The van der Waals surface area contributed by atoms with E-state index in [2.05, 4.69) is 32.4 Å². The summed E-state index contributed by atoms with van der Waals surface area (Å²) in [6.45, 7) is 8.94. The fourth-order valence-electron chi connectivity index (χ4n) is 3.01. The number of anilines is 4. The predicted octanol–water partition coefficient (Wildman–Crippen LogP) is 3.93. The van der Waals surface area contributed by atoms with Crippen LogP contribution in [0.5, 0.6) is 0 Å². The van der Waals surface area contributed by atoms with Crippen molar-refractivity contribution in [3.05, 3.63) is 32.8 Å². The Bertz CT molecular complexity index is 1030. The summed E-state index contributed by atoms with van der Waals surface area (Å²) in [4.78, 5) is 24.0. The van der Waals surface area contributed by atoms with Gasteiger partial charge in [-0.1, -0.05) is 0 Å². The highest BCUT2D eigenvalue weighted by Gasteiger charge is 2.28. The van der Waals surface area contributed by atoms with Gasteiger partial charge in [-0.15, -0.1) is 32.9 Å². The number of esters is 1. The van der Waals surface area contributed by atoms with Gasteiger partial charge >= 0.3 is 5.97 Å². The number of hydrogen-bond donors (Lipinski definition) is 1. The molecule has 0 unspecified atom stereocenters. The van der Waals surface area contributed by atoms with Crippen LogP contribution < -0.4 is 10.2 Å². The molecule has 0 saturated carbocycles. The van der Waals surface area contributed by atoms with Crippen molar-refractivity contribution in [3.8, 4) is 0 Å². The molecule has 3 aromatic heterocycles. The highest BCUT2D eigenvalue weighted by Crippen LogP contribution is 2.38. The molecule has 0 radical (unpaired) electrons. The van der Waals surface area contributed by atoms with Crippen molar-refractivity contribution < 1.29 is 9.53 Å². The third-order valence-electron chi connectivity index (χ3n) is 4.62. The van der Waals surface area contributed by atoms with Gasteiger partial charge in [-0.2, -0.15) is 0 Å². The molecule has 10 heteroatoms. The fraction of sp³-hybridized carbons (Fsp3) is 0.389. The Morgan fingerprint density at radius 3 is 2.82 bits per heavy atom. The lowest BCUT2D eigenvalue weighted by molar-refractivity contribution is 0.0520. The van der Waals surface area contributed by atoms with Crippen molar-refractivity contribution in [1.82, 2.24) is 20.2 Å². The van der Waals surface area contributed by atoms with Crippen LogP contribution in [0, 0.1) is 20.8 Å². The van der Waals surface area contributed by atoms with Gasteiger partial charge in [-0.05, 0) is 34.1 Å². The molecular weight excluding hydrogens is 396 g/mol. The zero-order valence-electron chi connectivity index (χ0n) is 16.1. The minimum Gasteiger partial charge on any atom is -0.461 e. The zero-order chi connectivity index (χ0) is 19.8. The third kappa shape index (κ3) is 3.33. The van der Waals surface area contributed by atoms with E-state index in [-0.39, 0.29) is 0 Å². The van der Waals surface area contributed by atoms with Crippen LogP contribution in [0.4, 0.5) is 21.9 Å². The van der Waals surface area contributed by atoms with Crippen LogP contribution in [0.3, 0.4) is 0 Å². The number of ether oxygens (including phenoxy) is 1. The second-order valence-electron chi connectivity index (χ2n) is 6.40. The highest BCUT2D eigenvalue weighted by molar-refractivity contribution is 7.15. The molecule has 0 bridgehead atoms. The first-order valence-electron chi connectivity index (χ1n) is 8.95. The van der Waals surface area contributed by atoms with E-state index >= 15 is 0 Å². The predicted molar refractivity (Wildman–Crippen MR) is 110 cm³/mol. The average Bonchev–Trinajstić information content (AvgIpc) is 3.37. The lowest BCUT2D eigenvalue weighted by Gasteiger charge is -2.15. The number of carbonyl (C=O) groups excluding carboxylic acids is 1. The number of nitrogens with zero attached hydrogens (tertiary/aromatic N) is 5. The average molecular weight is 417 g/mol. The summed E-state index contributed by atoms with van der Waals surface area (Å²) in [7, 11) is 0. The lowest BCUT2D eigenvalue weighted by Crippen LogP contribution is -2.15. The second-order valence-corrected chi connectivity index (χ2v) is 8.44. The summed E-state index contributed by atoms with van der Waals surface area (Å²) in [5.74, 6) is 1.11. The van der Waals surface area contributed by atoms with Gasteiger partial charge in [0.1, 0.15) is 0 Å². The van der Waals surface area contributed by atoms with Crippen LogP contribution in [-0.4, -0.2) is 39.3 Å². The maximum absolute atomic E-state index is 11.9. The summed E-state index contributed by atoms with van der Waals surface area (Å²) >= 11 is 3.01. The number of aryl methyl sites for hydroxylation is 2. The molecule has 1 aliphatic rings. The van der Waals surface area contributed by atoms with Gasteiger partial charge in [-0.25, -0.2) is 14.8 Å². The number of rotatable bonds is 5. The zero-order valence-corrected chi connectivity index (χ0v) is 17.7. The molecule has 0 aromatic carbocycles. The Morgan fingerprint density at radius 2 is 2.11 bits per heavy atom. The quantitative estimate of drug-likeness (QED) is 0.626. The van der Waals surface area contributed by atoms with Crippen LogP contribution in [-0.2, 0) is 11.2 Å². The number of nitrogens with one attached hydrogen (secondary N) is 1. The number of fused-ring (bicyclic) bond motifs is 1. The molecule has 146 valence electrons. The Morgan fingerprint density at radius 1 is 1.29 bits per heavy atom. The van der Waals surface area contributed by atoms with Crippen molar-refractivity contribution in [2.45, 2.75) is 34.1 Å². The smallest absolute Gasteiger partial charge is 0.357 e. The van der Waals surface area contributed by atoms with E-state index in [0.29, 0.717) is 12.3 Å². The first kappa shape index (κ1) is 18.8. The summed E-state index contributed by atoms with van der Waals surface area (Å²) in [5.41, 5.74) is 3.54. The minimum atomic E-state index is -0.403. The van der Waals surface area contributed by atoms with Crippen LogP contribution in [0.1, 0.15) is 39.1 Å². The molecule has 28 heavy (non-hydrogen) atoms. The van der Waals surface area contributed by atoms with Gasteiger partial charge in [-0.3, -0.25) is 0 Å². The molecular formula is C18H20N6O2S2. The number of hydrogen-bond acceptors (Lipinski definition) is 10. The molecule has 0 saturated heterocycles. The van der Waals surface area contributed by atoms with Crippen LogP contribution in [0.15, 0.2) is 5.38 Å². The number of aromatic nitrogens is 4. The van der Waals surface area contributed by atoms with E-state index in [1.807, 2.05) is 18.7 Å². The SMILES string of the molecule is CCOC(=O)c1csc(N2CCc3c2nnc(Nc2nc(C)c(C)s2)c3C)n1. The number of thiazole rings is 2. The molecule has 0 fully saturated rings. The normalized spacial score (nSPS) is 12.9. The molecule has 4 heterocycles. The minimum absolute atomic E-state index is 0.327. The van der Waals surface area contributed by atoms with Crippen molar-refractivity contribution in [3.63, 3.8) is 0 Å². The van der Waals surface area contributed by atoms with Gasteiger partial charge in [0.15, 0.2) is 27.6 Å². The number of carbonyl (C=O) groups is 1. The molecule has 0 atom stereocenters. The second kappa shape index (κ2) is 7.44. The molecule has 0 spiro atoms. The van der Waals surface area contributed by atoms with Gasteiger partial charge in [0, 0.05) is 27.9 Å². The maximum Gasteiger partial charge on any atom is 0.357 e. The summed E-state index contributed by atoms with van der Waals surface area (Å²) < 4.78 is 5.02. The Kier molecular flexibility index (Phi) is 4.98. The fourth-order valence-corrected chi connectivity index (χ4v) is 4.64. The lowest BCUT2D eigenvalue weighted by atomic mass is 10.1. The van der Waals surface area contributed by atoms with E-state index in [0.717, 1.165) is 51.7 Å². The molecule has 1 N–H and O–H groups in total. The van der Waals surface area contributed by atoms with Gasteiger partial charge in [0.2, 0.25) is 0 Å². The van der Waals surface area contributed by atoms with Crippen LogP contribution in [0.25, 0.3) is 0 Å². The first-order chi connectivity index (χ1) is 13.5. The topological polar surface area (TPSA) is 93.1 Å². The Labute approximate surface area is 170 Å². The Hall–Kier alpha value is -2.59. The summed E-state index contributed by atoms with van der Waals surface area (Å²) in [5, 5.41) is 15.4. The van der Waals surface area contributed by atoms with Gasteiger partial charge in [0.25, 0.3) is 0 Å². The van der Waals surface area contributed by atoms with Crippen molar-refractivity contribution >= 4 is 50.5 Å². The van der Waals surface area contributed by atoms with Crippen LogP contribution in [0.2, 0.25) is 0 Å². The molecule has 8 nitrogen and oxygen atoms in total. The molecule has 0 aliphatic carbocycles. The van der Waals surface area contributed by atoms with E-state index in [1.54, 1.807) is 23.6 Å². The van der Waals surface area contributed by atoms with Crippen molar-refractivity contribution in [2.75, 3.05) is 23.4 Å². The van der Waals surface area contributed by atoms with E-state index in [9.17, 15) is 4.79 Å². The van der Waals surface area contributed by atoms with E-state index in [1.165, 1.54) is 16.2 Å². The first-order valence-corrected chi connectivity index (χ1v) is 10.6. The molecule has 3 aromatic rings. The van der Waals surface area contributed by atoms with Gasteiger partial charge in [0.05, 0.1) is 12.3 Å². The maximum atomic E-state index is 11.9. The Balaban J connectivity index is 1.59. The van der Waals surface area contributed by atoms with E-state index < -0.39 is 5.97 Å². The standard InChI is InChI=1S/C18H20N6O2S2/c1-5-26-16(25)13-8-27-18(20-13)24-7-6-12-9(2)14(22-23-15(12)24)21-17-19-10(3)11(4)28-17/h8H,5-7H2,1-4H3,(H,19,21,22). The van der Waals surface area contributed by atoms with E-state index in [4.69, 9.17) is 4.74 Å². The monoisotopic (exact) mass is 416 g/mol. The highest BCUT2D eigenvalue weighted by atomic mass is 32.1. The third-order valence-corrected chi connectivity index (χ3v) is 6.48. The summed E-state index contributed by atoms with van der Waals surface area (Å²) in [6.07, 6.45) is 0.843.